The highest BCUT2D eigenvalue weighted by Crippen LogP contribution is 2.39. The number of hydrogen-bond acceptors (Lipinski definition) is 2. The maximum absolute atomic E-state index is 9.44. The Morgan fingerprint density at radius 1 is 1.13 bits per heavy atom. The Balaban J connectivity index is 2.76. The summed E-state index contributed by atoms with van der Waals surface area (Å²) in [6.07, 6.45) is 1.14. The summed E-state index contributed by atoms with van der Waals surface area (Å²) in [5, 5.41) is 9.44. The van der Waals surface area contributed by atoms with Gasteiger partial charge in [0.1, 0.15) is 0 Å². The molecular weight excluding hydrogens is 186 g/mol. The van der Waals surface area contributed by atoms with E-state index in [4.69, 9.17) is 0 Å². The molecule has 0 saturated carbocycles. The molecule has 0 aromatic rings. The Bertz CT molecular complexity index is 212. The first kappa shape index (κ1) is 13.0. The number of aliphatic hydroxyl groups excluding tert-OH is 1. The second kappa shape index (κ2) is 4.06. The minimum Gasteiger partial charge on any atom is -0.395 e. The van der Waals surface area contributed by atoms with Crippen molar-refractivity contribution in [3.05, 3.63) is 0 Å². The minimum absolute atomic E-state index is 0.174. The van der Waals surface area contributed by atoms with Crippen LogP contribution >= 0.6 is 0 Å². The van der Waals surface area contributed by atoms with Crippen LogP contribution in [-0.4, -0.2) is 34.7 Å². The lowest BCUT2D eigenvalue weighted by atomic mass is 9.79. The van der Waals surface area contributed by atoms with Gasteiger partial charge in [0.05, 0.1) is 6.61 Å². The van der Waals surface area contributed by atoms with Gasteiger partial charge in [-0.2, -0.15) is 0 Å². The molecule has 1 aliphatic heterocycles. The zero-order chi connectivity index (χ0) is 11.9. The fourth-order valence-electron chi connectivity index (χ4n) is 2.54. The summed E-state index contributed by atoms with van der Waals surface area (Å²) in [5.41, 5.74) is 0.529. The largest absolute Gasteiger partial charge is 0.395 e. The summed E-state index contributed by atoms with van der Waals surface area (Å²) in [7, 11) is 0. The van der Waals surface area contributed by atoms with Gasteiger partial charge in [-0.05, 0) is 38.5 Å². The van der Waals surface area contributed by atoms with Crippen LogP contribution < -0.4 is 0 Å². The zero-order valence-electron chi connectivity index (χ0n) is 11.2. The molecule has 1 aliphatic rings. The molecule has 0 aromatic heterocycles. The molecule has 1 rings (SSSR count). The molecule has 2 atom stereocenters. The number of likely N-dealkylation sites (tertiary alicyclic amines) is 1. The van der Waals surface area contributed by atoms with Gasteiger partial charge >= 0.3 is 0 Å². The van der Waals surface area contributed by atoms with Crippen LogP contribution in [0.2, 0.25) is 0 Å². The molecular formula is C13H27NO. The molecule has 1 fully saturated rings. The summed E-state index contributed by atoms with van der Waals surface area (Å²) in [6, 6.07) is 0.356. The van der Waals surface area contributed by atoms with Crippen LogP contribution in [0.25, 0.3) is 0 Å². The lowest BCUT2D eigenvalue weighted by Crippen LogP contribution is -2.46. The first-order valence-corrected chi connectivity index (χ1v) is 6.04. The Labute approximate surface area is 94.7 Å². The van der Waals surface area contributed by atoms with Crippen molar-refractivity contribution in [3.8, 4) is 0 Å². The van der Waals surface area contributed by atoms with E-state index < -0.39 is 0 Å². The third kappa shape index (κ3) is 2.94. The van der Waals surface area contributed by atoms with E-state index in [9.17, 15) is 5.11 Å². The Morgan fingerprint density at radius 3 is 1.93 bits per heavy atom. The minimum atomic E-state index is 0.174. The average molecular weight is 213 g/mol. The molecule has 0 spiro atoms. The predicted molar refractivity (Wildman–Crippen MR) is 64.9 cm³/mol. The lowest BCUT2D eigenvalue weighted by molar-refractivity contribution is 0.0769. The van der Waals surface area contributed by atoms with Crippen LogP contribution in [0.5, 0.6) is 0 Å². The predicted octanol–water partition coefficient (Wildman–Crippen LogP) is 2.51. The van der Waals surface area contributed by atoms with E-state index in [2.05, 4.69) is 46.4 Å². The van der Waals surface area contributed by atoms with Crippen molar-refractivity contribution in [2.45, 2.75) is 59.5 Å². The highest BCUT2D eigenvalue weighted by molar-refractivity contribution is 4.95. The monoisotopic (exact) mass is 213 g/mol. The van der Waals surface area contributed by atoms with Crippen molar-refractivity contribution >= 4 is 0 Å². The topological polar surface area (TPSA) is 23.5 Å². The van der Waals surface area contributed by atoms with Gasteiger partial charge in [0.2, 0.25) is 0 Å². The zero-order valence-corrected chi connectivity index (χ0v) is 11.2. The smallest absolute Gasteiger partial charge is 0.0587 e. The maximum Gasteiger partial charge on any atom is 0.0587 e. The van der Waals surface area contributed by atoms with E-state index in [0.717, 1.165) is 13.0 Å². The normalized spacial score (nSPS) is 29.8. The Hall–Kier alpha value is -0.0800. The van der Waals surface area contributed by atoms with Gasteiger partial charge in [0.15, 0.2) is 0 Å². The highest BCUT2D eigenvalue weighted by atomic mass is 16.3. The van der Waals surface area contributed by atoms with E-state index >= 15 is 0 Å². The van der Waals surface area contributed by atoms with Gasteiger partial charge in [-0.3, -0.25) is 4.90 Å². The van der Waals surface area contributed by atoms with Crippen molar-refractivity contribution in [1.82, 2.24) is 4.90 Å². The standard InChI is InChI=1S/C13H27NO/c1-12(2,3)10-7-11(9-15)14(8-10)13(4,5)6/h10-11,15H,7-9H2,1-6H3. The number of hydrogen-bond donors (Lipinski definition) is 1. The first-order valence-electron chi connectivity index (χ1n) is 6.04. The molecule has 0 radical (unpaired) electrons. The Kier molecular flexibility index (Phi) is 3.52. The van der Waals surface area contributed by atoms with Gasteiger partial charge < -0.3 is 5.11 Å². The average Bonchev–Trinajstić information content (AvgIpc) is 2.44. The molecule has 2 nitrogen and oxygen atoms in total. The second-order valence-electron chi connectivity index (χ2n) is 6.96. The molecule has 15 heavy (non-hydrogen) atoms. The van der Waals surface area contributed by atoms with Gasteiger partial charge in [-0.1, -0.05) is 20.8 Å². The molecule has 0 bridgehead atoms. The molecule has 1 N–H and O–H groups in total. The van der Waals surface area contributed by atoms with Crippen LogP contribution in [0.1, 0.15) is 48.0 Å². The van der Waals surface area contributed by atoms with E-state index in [1.165, 1.54) is 0 Å². The van der Waals surface area contributed by atoms with Crippen molar-refractivity contribution in [2.75, 3.05) is 13.2 Å². The number of nitrogens with zero attached hydrogens (tertiary/aromatic N) is 1. The molecule has 0 aromatic carbocycles. The van der Waals surface area contributed by atoms with Crippen molar-refractivity contribution in [3.63, 3.8) is 0 Å². The van der Waals surface area contributed by atoms with Crippen LogP contribution in [0, 0.1) is 11.3 Å². The van der Waals surface area contributed by atoms with Crippen LogP contribution in [-0.2, 0) is 0 Å². The van der Waals surface area contributed by atoms with Gasteiger partial charge in [0, 0.05) is 18.1 Å². The molecule has 90 valence electrons. The van der Waals surface area contributed by atoms with Crippen molar-refractivity contribution in [2.24, 2.45) is 11.3 Å². The van der Waals surface area contributed by atoms with Crippen LogP contribution in [0.3, 0.4) is 0 Å². The molecule has 2 heteroatoms. The van der Waals surface area contributed by atoms with Gasteiger partial charge in [-0.15, -0.1) is 0 Å². The SMILES string of the molecule is CC(C)(C)C1CC(CO)N(C(C)(C)C)C1. The van der Waals surface area contributed by atoms with E-state index in [0.29, 0.717) is 24.0 Å². The lowest BCUT2D eigenvalue weighted by Gasteiger charge is -2.36. The molecule has 1 heterocycles. The Morgan fingerprint density at radius 2 is 1.67 bits per heavy atom. The first-order chi connectivity index (χ1) is 6.66. The fourth-order valence-corrected chi connectivity index (χ4v) is 2.54. The molecule has 1 saturated heterocycles. The van der Waals surface area contributed by atoms with E-state index in [1.807, 2.05) is 0 Å². The van der Waals surface area contributed by atoms with Crippen molar-refractivity contribution in [1.29, 1.82) is 0 Å². The van der Waals surface area contributed by atoms with E-state index in [1.54, 1.807) is 0 Å². The second-order valence-corrected chi connectivity index (χ2v) is 6.96. The maximum atomic E-state index is 9.44. The third-order valence-electron chi connectivity index (χ3n) is 3.71. The molecule has 0 amide bonds. The van der Waals surface area contributed by atoms with Crippen molar-refractivity contribution < 1.29 is 5.11 Å². The fraction of sp³-hybridized carbons (Fsp3) is 1.00. The van der Waals surface area contributed by atoms with Crippen LogP contribution in [0.15, 0.2) is 0 Å². The third-order valence-corrected chi connectivity index (χ3v) is 3.71. The molecule has 0 aliphatic carbocycles. The highest BCUT2D eigenvalue weighted by Gasteiger charge is 2.41. The summed E-state index contributed by atoms with van der Waals surface area (Å²) < 4.78 is 0. The van der Waals surface area contributed by atoms with Crippen LogP contribution in [0.4, 0.5) is 0 Å². The van der Waals surface area contributed by atoms with E-state index in [-0.39, 0.29) is 5.54 Å². The summed E-state index contributed by atoms with van der Waals surface area (Å²) >= 11 is 0. The summed E-state index contributed by atoms with van der Waals surface area (Å²) in [6.45, 7) is 15.0. The van der Waals surface area contributed by atoms with Gasteiger partial charge in [0.25, 0.3) is 0 Å². The molecule has 2 unspecified atom stereocenters. The van der Waals surface area contributed by atoms with Gasteiger partial charge in [-0.25, -0.2) is 0 Å². The summed E-state index contributed by atoms with van der Waals surface area (Å²) in [4.78, 5) is 2.46. The summed E-state index contributed by atoms with van der Waals surface area (Å²) in [5.74, 6) is 0.703. The number of aliphatic hydroxyl groups is 1. The quantitative estimate of drug-likeness (QED) is 0.723. The number of rotatable bonds is 1.